The van der Waals surface area contributed by atoms with Gasteiger partial charge in [0.05, 0.1) is 0 Å². The molecule has 2 aliphatic heterocycles. The molecular formula is C20H26N2O4. The number of rotatable bonds is 3. The highest BCUT2D eigenvalue weighted by molar-refractivity contribution is 5.94. The van der Waals surface area contributed by atoms with E-state index in [1.54, 1.807) is 21.9 Å². The molecule has 0 saturated carbocycles. The molecule has 2 heterocycles. The summed E-state index contributed by atoms with van der Waals surface area (Å²) in [5.41, 5.74) is 0.660. The lowest BCUT2D eigenvalue weighted by atomic mass is 9.89. The Bertz CT molecular complexity index is 668. The molecule has 0 aliphatic carbocycles. The van der Waals surface area contributed by atoms with E-state index in [0.717, 1.165) is 6.42 Å². The number of aliphatic carboxylic acids is 1. The Hall–Kier alpha value is -2.37. The van der Waals surface area contributed by atoms with Crippen molar-refractivity contribution in [1.82, 2.24) is 9.80 Å². The van der Waals surface area contributed by atoms with Gasteiger partial charge in [-0.1, -0.05) is 25.1 Å². The highest BCUT2D eigenvalue weighted by Crippen LogP contribution is 2.28. The van der Waals surface area contributed by atoms with Crippen LogP contribution in [-0.2, 0) is 9.59 Å². The molecule has 2 amide bonds. The molecule has 1 aromatic carbocycles. The van der Waals surface area contributed by atoms with E-state index in [2.05, 4.69) is 0 Å². The zero-order valence-electron chi connectivity index (χ0n) is 15.1. The summed E-state index contributed by atoms with van der Waals surface area (Å²) in [5, 5.41) is 9.47. The maximum Gasteiger partial charge on any atom is 0.326 e. The normalized spacial score (nSPS) is 24.3. The molecule has 0 radical (unpaired) electrons. The SMILES string of the molecule is CC1CCN(C(=O)C2CCN(C(=O)c3ccccc3)CC2)C(C(=O)O)C1. The summed E-state index contributed by atoms with van der Waals surface area (Å²) < 4.78 is 0. The topological polar surface area (TPSA) is 77.9 Å². The average molecular weight is 358 g/mol. The van der Waals surface area contributed by atoms with Crippen molar-refractivity contribution in [3.63, 3.8) is 0 Å². The Labute approximate surface area is 153 Å². The van der Waals surface area contributed by atoms with Crippen molar-refractivity contribution < 1.29 is 19.5 Å². The van der Waals surface area contributed by atoms with Crippen LogP contribution in [0.3, 0.4) is 0 Å². The average Bonchev–Trinajstić information content (AvgIpc) is 2.67. The number of amides is 2. The summed E-state index contributed by atoms with van der Waals surface area (Å²) in [7, 11) is 0. The van der Waals surface area contributed by atoms with Gasteiger partial charge in [-0.2, -0.15) is 0 Å². The van der Waals surface area contributed by atoms with Gasteiger partial charge in [0.2, 0.25) is 5.91 Å². The van der Waals surface area contributed by atoms with Crippen LogP contribution in [-0.4, -0.2) is 58.4 Å². The second-order valence-corrected chi connectivity index (χ2v) is 7.45. The van der Waals surface area contributed by atoms with E-state index < -0.39 is 12.0 Å². The van der Waals surface area contributed by atoms with Crippen LogP contribution in [0, 0.1) is 11.8 Å². The van der Waals surface area contributed by atoms with Crippen LogP contribution in [0.15, 0.2) is 30.3 Å². The molecule has 2 unspecified atom stereocenters. The largest absolute Gasteiger partial charge is 0.480 e. The lowest BCUT2D eigenvalue weighted by Crippen LogP contribution is -2.53. The van der Waals surface area contributed by atoms with Crippen LogP contribution in [0.2, 0.25) is 0 Å². The number of benzene rings is 1. The van der Waals surface area contributed by atoms with E-state index in [9.17, 15) is 19.5 Å². The van der Waals surface area contributed by atoms with E-state index in [0.29, 0.717) is 50.4 Å². The summed E-state index contributed by atoms with van der Waals surface area (Å²) in [4.78, 5) is 40.3. The highest BCUT2D eigenvalue weighted by Gasteiger charge is 2.38. The summed E-state index contributed by atoms with van der Waals surface area (Å²) >= 11 is 0. The van der Waals surface area contributed by atoms with E-state index in [1.807, 2.05) is 25.1 Å². The Kier molecular flexibility index (Phi) is 5.59. The van der Waals surface area contributed by atoms with Crippen molar-refractivity contribution in [3.05, 3.63) is 35.9 Å². The first-order valence-electron chi connectivity index (χ1n) is 9.35. The quantitative estimate of drug-likeness (QED) is 0.899. The molecule has 26 heavy (non-hydrogen) atoms. The molecule has 3 rings (SSSR count). The predicted molar refractivity (Wildman–Crippen MR) is 96.6 cm³/mol. The predicted octanol–water partition coefficient (Wildman–Crippen LogP) is 2.25. The summed E-state index contributed by atoms with van der Waals surface area (Å²) in [6.45, 7) is 3.61. The van der Waals surface area contributed by atoms with Crippen LogP contribution in [0.5, 0.6) is 0 Å². The van der Waals surface area contributed by atoms with Gasteiger partial charge in [-0.05, 0) is 43.7 Å². The summed E-state index contributed by atoms with van der Waals surface area (Å²) in [6, 6.07) is 8.44. The Morgan fingerprint density at radius 2 is 1.65 bits per heavy atom. The Morgan fingerprint density at radius 3 is 2.27 bits per heavy atom. The van der Waals surface area contributed by atoms with Crippen LogP contribution in [0.1, 0.15) is 43.0 Å². The van der Waals surface area contributed by atoms with Gasteiger partial charge in [0, 0.05) is 31.1 Å². The fourth-order valence-corrected chi connectivity index (χ4v) is 3.97. The third-order valence-electron chi connectivity index (χ3n) is 5.58. The molecule has 2 atom stereocenters. The molecule has 140 valence electrons. The first-order valence-corrected chi connectivity index (χ1v) is 9.35. The smallest absolute Gasteiger partial charge is 0.326 e. The zero-order valence-corrected chi connectivity index (χ0v) is 15.1. The molecule has 0 bridgehead atoms. The maximum atomic E-state index is 12.9. The number of carbonyl (C=O) groups excluding carboxylic acids is 2. The van der Waals surface area contributed by atoms with Gasteiger partial charge in [0.15, 0.2) is 0 Å². The monoisotopic (exact) mass is 358 g/mol. The van der Waals surface area contributed by atoms with Crippen LogP contribution >= 0.6 is 0 Å². The number of likely N-dealkylation sites (tertiary alicyclic amines) is 2. The van der Waals surface area contributed by atoms with E-state index >= 15 is 0 Å². The molecule has 0 aromatic heterocycles. The van der Waals surface area contributed by atoms with Crippen LogP contribution in [0.4, 0.5) is 0 Å². The van der Waals surface area contributed by atoms with Crippen LogP contribution in [0.25, 0.3) is 0 Å². The molecule has 1 N–H and O–H groups in total. The fourth-order valence-electron chi connectivity index (χ4n) is 3.97. The molecule has 2 saturated heterocycles. The number of carbonyl (C=O) groups is 3. The number of hydrogen-bond acceptors (Lipinski definition) is 3. The van der Waals surface area contributed by atoms with Crippen LogP contribution < -0.4 is 0 Å². The minimum absolute atomic E-state index is 0.00768. The second-order valence-electron chi connectivity index (χ2n) is 7.45. The van der Waals surface area contributed by atoms with Gasteiger partial charge < -0.3 is 14.9 Å². The van der Waals surface area contributed by atoms with Gasteiger partial charge in [-0.25, -0.2) is 4.79 Å². The highest BCUT2D eigenvalue weighted by atomic mass is 16.4. The molecule has 2 aliphatic rings. The molecule has 6 heteroatoms. The molecule has 1 aromatic rings. The molecule has 0 spiro atoms. The zero-order chi connectivity index (χ0) is 18.7. The maximum absolute atomic E-state index is 12.9. The minimum atomic E-state index is -0.915. The number of carboxylic acid groups (broad SMARTS) is 1. The van der Waals surface area contributed by atoms with Crippen molar-refractivity contribution in [2.45, 2.75) is 38.6 Å². The van der Waals surface area contributed by atoms with Gasteiger partial charge in [0.1, 0.15) is 6.04 Å². The number of nitrogens with zero attached hydrogens (tertiary/aromatic N) is 2. The van der Waals surface area contributed by atoms with Gasteiger partial charge in [-0.15, -0.1) is 0 Å². The summed E-state index contributed by atoms with van der Waals surface area (Å²) in [5.74, 6) is -0.847. The lowest BCUT2D eigenvalue weighted by Gasteiger charge is -2.40. The fraction of sp³-hybridized carbons (Fsp3) is 0.550. The Balaban J connectivity index is 1.60. The molecular weight excluding hydrogens is 332 g/mol. The Morgan fingerprint density at radius 1 is 1.00 bits per heavy atom. The third kappa shape index (κ3) is 3.89. The third-order valence-corrected chi connectivity index (χ3v) is 5.58. The first kappa shape index (κ1) is 18.4. The van der Waals surface area contributed by atoms with E-state index in [-0.39, 0.29) is 17.7 Å². The number of carboxylic acids is 1. The van der Waals surface area contributed by atoms with Gasteiger partial charge in [-0.3, -0.25) is 9.59 Å². The summed E-state index contributed by atoms with van der Waals surface area (Å²) in [6.07, 6.45) is 2.55. The van der Waals surface area contributed by atoms with Gasteiger partial charge in [0.25, 0.3) is 5.91 Å². The minimum Gasteiger partial charge on any atom is -0.480 e. The first-order chi connectivity index (χ1) is 12.5. The molecule has 6 nitrogen and oxygen atoms in total. The lowest BCUT2D eigenvalue weighted by molar-refractivity contribution is -0.155. The van der Waals surface area contributed by atoms with Crippen molar-refractivity contribution in [2.24, 2.45) is 11.8 Å². The van der Waals surface area contributed by atoms with Gasteiger partial charge >= 0.3 is 5.97 Å². The van der Waals surface area contributed by atoms with E-state index in [4.69, 9.17) is 0 Å². The standard InChI is InChI=1S/C20H26N2O4/c1-14-7-12-22(17(13-14)20(25)26)19(24)16-8-10-21(11-9-16)18(23)15-5-3-2-4-6-15/h2-6,14,16-17H,7-13H2,1H3,(H,25,26). The van der Waals surface area contributed by atoms with Crippen molar-refractivity contribution in [1.29, 1.82) is 0 Å². The van der Waals surface area contributed by atoms with Crippen molar-refractivity contribution in [2.75, 3.05) is 19.6 Å². The number of hydrogen-bond donors (Lipinski definition) is 1. The van der Waals surface area contributed by atoms with Crippen molar-refractivity contribution in [3.8, 4) is 0 Å². The van der Waals surface area contributed by atoms with Crippen molar-refractivity contribution >= 4 is 17.8 Å². The van der Waals surface area contributed by atoms with E-state index in [1.165, 1.54) is 0 Å². The number of piperidine rings is 2. The molecule has 2 fully saturated rings. The second kappa shape index (κ2) is 7.89.